The summed E-state index contributed by atoms with van der Waals surface area (Å²) < 4.78 is 10.8. The number of rotatable bonds is 4. The summed E-state index contributed by atoms with van der Waals surface area (Å²) in [5.41, 5.74) is 12.3. The van der Waals surface area contributed by atoms with Crippen LogP contribution in [0.1, 0.15) is 15.9 Å². The third kappa shape index (κ3) is 2.80. The lowest BCUT2D eigenvalue weighted by Gasteiger charge is -2.11. The van der Waals surface area contributed by atoms with Crippen LogP contribution in [-0.4, -0.2) is 18.0 Å². The number of benzene rings is 1. The molecule has 0 saturated heterocycles. The SMILES string of the molecule is COc1cc(C)ccc1Oc1cc(C(N)=O)c(N)cn1. The van der Waals surface area contributed by atoms with Gasteiger partial charge in [0.1, 0.15) is 0 Å². The highest BCUT2D eigenvalue weighted by molar-refractivity contribution is 5.98. The Bertz CT molecular complexity index is 656. The molecule has 1 heterocycles. The normalized spacial score (nSPS) is 10.1. The second kappa shape index (κ2) is 5.48. The van der Waals surface area contributed by atoms with Gasteiger partial charge in [-0.1, -0.05) is 6.07 Å². The zero-order valence-corrected chi connectivity index (χ0v) is 11.2. The van der Waals surface area contributed by atoms with Crippen molar-refractivity contribution in [1.82, 2.24) is 4.98 Å². The predicted octanol–water partition coefficient (Wildman–Crippen LogP) is 1.87. The molecule has 0 unspecified atom stereocenters. The molecule has 0 bridgehead atoms. The Hall–Kier alpha value is -2.76. The van der Waals surface area contributed by atoms with Gasteiger partial charge in [0.15, 0.2) is 11.5 Å². The number of carbonyl (C=O) groups excluding carboxylic acids is 1. The molecule has 0 aliphatic rings. The molecule has 0 radical (unpaired) electrons. The van der Waals surface area contributed by atoms with Crippen molar-refractivity contribution in [3.63, 3.8) is 0 Å². The molecule has 0 aliphatic carbocycles. The molecule has 2 rings (SSSR count). The fraction of sp³-hybridized carbons (Fsp3) is 0.143. The maximum Gasteiger partial charge on any atom is 0.251 e. The summed E-state index contributed by atoms with van der Waals surface area (Å²) in [5, 5.41) is 0. The molecular formula is C14H15N3O3. The Balaban J connectivity index is 2.35. The average Bonchev–Trinajstić information content (AvgIpc) is 2.42. The third-order valence-corrected chi connectivity index (χ3v) is 2.71. The fourth-order valence-corrected chi connectivity index (χ4v) is 1.69. The first-order chi connectivity index (χ1) is 9.51. The van der Waals surface area contributed by atoms with Gasteiger partial charge < -0.3 is 20.9 Å². The summed E-state index contributed by atoms with van der Waals surface area (Å²) in [6.07, 6.45) is 1.33. The standard InChI is InChI=1S/C14H15N3O3/c1-8-3-4-11(12(5-8)19-2)20-13-6-9(14(16)18)10(15)7-17-13/h3-7H,15H2,1-2H3,(H2,16,18). The number of hydrogen-bond acceptors (Lipinski definition) is 5. The van der Waals surface area contributed by atoms with E-state index < -0.39 is 5.91 Å². The molecule has 20 heavy (non-hydrogen) atoms. The van der Waals surface area contributed by atoms with Crippen molar-refractivity contribution in [3.8, 4) is 17.4 Å². The molecule has 0 atom stereocenters. The Morgan fingerprint density at radius 2 is 2.00 bits per heavy atom. The van der Waals surface area contributed by atoms with Gasteiger partial charge in [-0.05, 0) is 24.6 Å². The highest BCUT2D eigenvalue weighted by Gasteiger charge is 2.11. The van der Waals surface area contributed by atoms with E-state index in [9.17, 15) is 4.79 Å². The smallest absolute Gasteiger partial charge is 0.251 e. The number of primary amides is 1. The molecule has 0 aliphatic heterocycles. The highest BCUT2D eigenvalue weighted by Crippen LogP contribution is 2.32. The quantitative estimate of drug-likeness (QED) is 0.885. The van der Waals surface area contributed by atoms with Crippen molar-refractivity contribution < 1.29 is 14.3 Å². The second-order valence-corrected chi connectivity index (χ2v) is 4.23. The first-order valence-corrected chi connectivity index (χ1v) is 5.89. The van der Waals surface area contributed by atoms with Gasteiger partial charge in [0.2, 0.25) is 5.88 Å². The zero-order chi connectivity index (χ0) is 14.7. The van der Waals surface area contributed by atoms with Crippen LogP contribution in [0.4, 0.5) is 5.69 Å². The van der Waals surface area contributed by atoms with Gasteiger partial charge in [-0.2, -0.15) is 0 Å². The van der Waals surface area contributed by atoms with Gasteiger partial charge >= 0.3 is 0 Å². The Morgan fingerprint density at radius 3 is 2.65 bits per heavy atom. The number of aromatic nitrogens is 1. The third-order valence-electron chi connectivity index (χ3n) is 2.71. The van der Waals surface area contributed by atoms with E-state index in [-0.39, 0.29) is 17.1 Å². The summed E-state index contributed by atoms with van der Waals surface area (Å²) >= 11 is 0. The molecule has 104 valence electrons. The Morgan fingerprint density at radius 1 is 1.25 bits per heavy atom. The molecule has 6 nitrogen and oxygen atoms in total. The predicted molar refractivity (Wildman–Crippen MR) is 75.0 cm³/mol. The van der Waals surface area contributed by atoms with E-state index in [0.717, 1.165) is 5.56 Å². The number of nitrogens with zero attached hydrogens (tertiary/aromatic N) is 1. The van der Waals surface area contributed by atoms with Crippen LogP contribution in [0.15, 0.2) is 30.5 Å². The van der Waals surface area contributed by atoms with Crippen LogP contribution in [-0.2, 0) is 0 Å². The van der Waals surface area contributed by atoms with Gasteiger partial charge in [-0.15, -0.1) is 0 Å². The number of pyridine rings is 1. The molecule has 0 spiro atoms. The van der Waals surface area contributed by atoms with E-state index in [1.807, 2.05) is 19.1 Å². The lowest BCUT2D eigenvalue weighted by atomic mass is 10.2. The second-order valence-electron chi connectivity index (χ2n) is 4.23. The highest BCUT2D eigenvalue weighted by atomic mass is 16.5. The maximum atomic E-state index is 11.2. The van der Waals surface area contributed by atoms with Crippen LogP contribution in [0.2, 0.25) is 0 Å². The minimum Gasteiger partial charge on any atom is -0.493 e. The molecular weight excluding hydrogens is 258 g/mol. The monoisotopic (exact) mass is 273 g/mol. The first kappa shape index (κ1) is 13.7. The van der Waals surface area contributed by atoms with Crippen molar-refractivity contribution >= 4 is 11.6 Å². The lowest BCUT2D eigenvalue weighted by molar-refractivity contribution is 0.100. The van der Waals surface area contributed by atoms with Crippen molar-refractivity contribution in [1.29, 1.82) is 0 Å². The fourth-order valence-electron chi connectivity index (χ4n) is 1.69. The number of ether oxygens (including phenoxy) is 2. The molecule has 1 aromatic carbocycles. The molecule has 1 aromatic heterocycles. The number of hydrogen-bond donors (Lipinski definition) is 2. The summed E-state index contributed by atoms with van der Waals surface area (Å²) in [7, 11) is 1.55. The van der Waals surface area contributed by atoms with Crippen LogP contribution in [0.5, 0.6) is 17.4 Å². The molecule has 6 heteroatoms. The van der Waals surface area contributed by atoms with E-state index in [2.05, 4.69) is 4.98 Å². The Kier molecular flexibility index (Phi) is 3.74. The van der Waals surface area contributed by atoms with Crippen molar-refractivity contribution in [3.05, 3.63) is 41.6 Å². The van der Waals surface area contributed by atoms with E-state index in [1.165, 1.54) is 12.3 Å². The van der Waals surface area contributed by atoms with Crippen LogP contribution < -0.4 is 20.9 Å². The van der Waals surface area contributed by atoms with Crippen LogP contribution >= 0.6 is 0 Å². The van der Waals surface area contributed by atoms with Crippen molar-refractivity contribution in [2.75, 3.05) is 12.8 Å². The minimum absolute atomic E-state index is 0.168. The lowest BCUT2D eigenvalue weighted by Crippen LogP contribution is -2.13. The molecule has 0 saturated carbocycles. The van der Waals surface area contributed by atoms with E-state index in [0.29, 0.717) is 11.5 Å². The number of amides is 1. The molecule has 0 fully saturated rings. The van der Waals surface area contributed by atoms with Gasteiger partial charge in [0.25, 0.3) is 5.91 Å². The summed E-state index contributed by atoms with van der Waals surface area (Å²) in [5.74, 6) is 0.649. The number of carbonyl (C=O) groups is 1. The largest absolute Gasteiger partial charge is 0.493 e. The van der Waals surface area contributed by atoms with E-state index in [4.69, 9.17) is 20.9 Å². The van der Waals surface area contributed by atoms with Gasteiger partial charge in [-0.25, -0.2) is 4.98 Å². The molecule has 4 N–H and O–H groups in total. The van der Waals surface area contributed by atoms with Crippen LogP contribution in [0.3, 0.4) is 0 Å². The first-order valence-electron chi connectivity index (χ1n) is 5.89. The summed E-state index contributed by atoms with van der Waals surface area (Å²) in [4.78, 5) is 15.2. The van der Waals surface area contributed by atoms with Crippen LogP contribution in [0, 0.1) is 6.92 Å². The van der Waals surface area contributed by atoms with Crippen molar-refractivity contribution in [2.45, 2.75) is 6.92 Å². The Labute approximate surface area is 116 Å². The maximum absolute atomic E-state index is 11.2. The number of anilines is 1. The number of methoxy groups -OCH3 is 1. The summed E-state index contributed by atoms with van der Waals surface area (Å²) in [6, 6.07) is 6.87. The van der Waals surface area contributed by atoms with E-state index >= 15 is 0 Å². The number of aryl methyl sites for hydroxylation is 1. The van der Waals surface area contributed by atoms with Gasteiger partial charge in [-0.3, -0.25) is 4.79 Å². The number of nitrogen functional groups attached to an aromatic ring is 1. The van der Waals surface area contributed by atoms with E-state index in [1.54, 1.807) is 13.2 Å². The van der Waals surface area contributed by atoms with Crippen LogP contribution in [0.25, 0.3) is 0 Å². The van der Waals surface area contributed by atoms with Crippen molar-refractivity contribution in [2.24, 2.45) is 5.73 Å². The minimum atomic E-state index is -0.634. The molecule has 1 amide bonds. The van der Waals surface area contributed by atoms with Gasteiger partial charge in [0, 0.05) is 6.07 Å². The average molecular weight is 273 g/mol. The zero-order valence-electron chi connectivity index (χ0n) is 11.2. The summed E-state index contributed by atoms with van der Waals surface area (Å²) in [6.45, 7) is 1.94. The number of nitrogens with two attached hydrogens (primary N) is 2. The van der Waals surface area contributed by atoms with Gasteiger partial charge in [0.05, 0.1) is 24.6 Å². The molecule has 2 aromatic rings. The topological polar surface area (TPSA) is 100 Å².